The van der Waals surface area contributed by atoms with E-state index in [1.807, 2.05) is 11.8 Å². The summed E-state index contributed by atoms with van der Waals surface area (Å²) in [4.78, 5) is 12.4. The molecule has 4 unspecified atom stereocenters. The molecule has 0 aromatic rings. The molecule has 3 rings (SSSR count). The minimum atomic E-state index is -0.0810. The number of nitrogens with one attached hydrogen (secondary N) is 2. The first kappa shape index (κ1) is 14.2. The lowest BCUT2D eigenvalue weighted by Gasteiger charge is -2.29. The molecule has 0 radical (unpaired) electrons. The molecule has 0 amide bonds. The normalized spacial score (nSPS) is 40.7. The van der Waals surface area contributed by atoms with E-state index in [1.54, 1.807) is 11.8 Å². The highest BCUT2D eigenvalue weighted by Gasteiger charge is 2.44. The first-order chi connectivity index (χ1) is 9.25. The average molecular weight is 302 g/mol. The highest BCUT2D eigenvalue weighted by atomic mass is 32.2. The maximum Gasteiger partial charge on any atom is 0.207 e. The van der Waals surface area contributed by atoms with Gasteiger partial charge in [-0.3, -0.25) is 10.5 Å². The summed E-state index contributed by atoms with van der Waals surface area (Å²) in [6, 6.07) is 0.602. The second-order valence-corrected chi connectivity index (χ2v) is 8.34. The van der Waals surface area contributed by atoms with E-state index in [9.17, 15) is 4.79 Å². The van der Waals surface area contributed by atoms with Crippen molar-refractivity contribution in [3.8, 4) is 0 Å². The van der Waals surface area contributed by atoms with Crippen molar-refractivity contribution < 1.29 is 9.80 Å². The third kappa shape index (κ3) is 3.13. The number of rotatable bonds is 3. The fraction of sp³-hybridized carbons (Fsp3) is 0.923. The summed E-state index contributed by atoms with van der Waals surface area (Å²) in [6.07, 6.45) is 8.70. The molecule has 3 aliphatic rings. The molecule has 6 heteroatoms. The van der Waals surface area contributed by atoms with E-state index < -0.39 is 0 Å². The minimum Gasteiger partial charge on any atom is -0.295 e. The Morgan fingerprint density at radius 1 is 1.16 bits per heavy atom. The third-order valence-corrected chi connectivity index (χ3v) is 7.00. The zero-order chi connectivity index (χ0) is 13.2. The lowest BCUT2D eigenvalue weighted by molar-refractivity contribution is -0.974. The fourth-order valence-electron chi connectivity index (χ4n) is 3.36. The van der Waals surface area contributed by atoms with Gasteiger partial charge in [0.1, 0.15) is 6.04 Å². The number of ketones is 1. The number of quaternary nitrogens is 1. The van der Waals surface area contributed by atoms with E-state index in [0.717, 1.165) is 12.2 Å². The maximum absolute atomic E-state index is 12.4. The third-order valence-electron chi connectivity index (χ3n) is 4.44. The molecular formula is C13H24N3OS2+. The van der Waals surface area contributed by atoms with Gasteiger partial charge in [-0.25, -0.2) is 5.01 Å². The molecule has 2 saturated heterocycles. The Balaban J connectivity index is 1.59. The molecule has 0 aromatic heterocycles. The second-order valence-electron chi connectivity index (χ2n) is 5.78. The Labute approximate surface area is 123 Å². The summed E-state index contributed by atoms with van der Waals surface area (Å²) >= 11 is 3.45. The summed E-state index contributed by atoms with van der Waals surface area (Å²) in [5.74, 6) is 1.51. The molecule has 4 atom stereocenters. The zero-order valence-corrected chi connectivity index (χ0v) is 12.9. The Morgan fingerprint density at radius 3 is 2.63 bits per heavy atom. The highest BCUT2D eigenvalue weighted by molar-refractivity contribution is 8.02. The van der Waals surface area contributed by atoms with Crippen LogP contribution in [0.3, 0.4) is 0 Å². The molecule has 4 N–H and O–H groups in total. The second kappa shape index (κ2) is 6.35. The van der Waals surface area contributed by atoms with Crippen molar-refractivity contribution in [3.05, 3.63) is 0 Å². The highest BCUT2D eigenvalue weighted by Crippen LogP contribution is 2.30. The van der Waals surface area contributed by atoms with Gasteiger partial charge >= 0.3 is 0 Å². The minimum absolute atomic E-state index is 0.0171. The lowest BCUT2D eigenvalue weighted by Crippen LogP contribution is -3.24. The first-order valence-corrected chi connectivity index (χ1v) is 9.44. The monoisotopic (exact) mass is 302 g/mol. The Bertz CT molecular complexity index is 330. The van der Waals surface area contributed by atoms with E-state index in [2.05, 4.69) is 5.43 Å². The largest absolute Gasteiger partial charge is 0.295 e. The van der Waals surface area contributed by atoms with Crippen LogP contribution in [0.25, 0.3) is 0 Å². The lowest BCUT2D eigenvalue weighted by atomic mass is 9.95. The topological polar surface area (TPSA) is 59.6 Å². The van der Waals surface area contributed by atoms with Crippen LogP contribution >= 0.6 is 23.5 Å². The molecular weight excluding hydrogens is 278 g/mol. The van der Waals surface area contributed by atoms with Crippen LogP contribution in [0.5, 0.6) is 0 Å². The first-order valence-electron chi connectivity index (χ1n) is 7.45. The molecule has 1 aliphatic carbocycles. The van der Waals surface area contributed by atoms with Crippen LogP contribution in [0.4, 0.5) is 0 Å². The van der Waals surface area contributed by atoms with E-state index in [1.165, 1.54) is 43.5 Å². The number of hydrogen-bond donors (Lipinski definition) is 3. The zero-order valence-electron chi connectivity index (χ0n) is 11.3. The molecule has 2 aliphatic heterocycles. The fourth-order valence-corrected chi connectivity index (χ4v) is 5.90. The molecule has 108 valence electrons. The quantitative estimate of drug-likeness (QED) is 0.708. The summed E-state index contributed by atoms with van der Waals surface area (Å²) < 4.78 is 0. The van der Waals surface area contributed by atoms with Gasteiger partial charge in [-0.05, 0) is 43.2 Å². The molecule has 3 fully saturated rings. The van der Waals surface area contributed by atoms with E-state index in [4.69, 9.17) is 5.73 Å². The molecule has 0 aromatic carbocycles. The van der Waals surface area contributed by atoms with Crippen LogP contribution in [-0.4, -0.2) is 33.7 Å². The van der Waals surface area contributed by atoms with Crippen molar-refractivity contribution in [3.63, 3.8) is 0 Å². The van der Waals surface area contributed by atoms with Crippen molar-refractivity contribution in [2.24, 2.45) is 5.73 Å². The standard InChI is InChI=1S/C13H23N3OS2/c14-13-16(9-5-2-1-3-6-9)15-12(19-13)11(17)10-7-4-8-18-10/h9-10,12-13,15H,1-8,14H2/p+1. The molecule has 1 saturated carbocycles. The summed E-state index contributed by atoms with van der Waals surface area (Å²) in [7, 11) is 0. The number of carbonyl (C=O) groups excluding carboxylic acids is 1. The predicted molar refractivity (Wildman–Crippen MR) is 80.8 cm³/mol. The van der Waals surface area contributed by atoms with Crippen LogP contribution in [-0.2, 0) is 4.79 Å². The van der Waals surface area contributed by atoms with Gasteiger partial charge in [0, 0.05) is 12.8 Å². The maximum atomic E-state index is 12.4. The van der Waals surface area contributed by atoms with Gasteiger partial charge in [-0.15, -0.1) is 5.43 Å². The van der Waals surface area contributed by atoms with Crippen LogP contribution < -0.4 is 16.2 Å². The van der Waals surface area contributed by atoms with Crippen molar-refractivity contribution in [2.45, 2.75) is 67.1 Å². The smallest absolute Gasteiger partial charge is 0.207 e. The number of thioether (sulfide) groups is 2. The van der Waals surface area contributed by atoms with Gasteiger partial charge in [-0.2, -0.15) is 11.8 Å². The van der Waals surface area contributed by atoms with Crippen molar-refractivity contribution in [1.82, 2.24) is 5.43 Å². The molecule has 4 nitrogen and oxygen atoms in total. The Morgan fingerprint density at radius 2 is 1.95 bits per heavy atom. The molecule has 2 heterocycles. The molecule has 0 spiro atoms. The van der Waals surface area contributed by atoms with Crippen molar-refractivity contribution in [2.75, 3.05) is 5.75 Å². The Kier molecular flexibility index (Phi) is 4.74. The molecule has 0 bridgehead atoms. The summed E-state index contributed by atoms with van der Waals surface area (Å²) in [5, 5.41) is 1.39. The molecule has 19 heavy (non-hydrogen) atoms. The van der Waals surface area contributed by atoms with Gasteiger partial charge in [-0.1, -0.05) is 6.42 Å². The summed E-state index contributed by atoms with van der Waals surface area (Å²) in [5.41, 5.74) is 9.74. The number of carbonyl (C=O) groups is 1. The van der Waals surface area contributed by atoms with Crippen LogP contribution in [0.2, 0.25) is 0 Å². The SMILES string of the molecule is NC1SC(C(=O)C2CCCS2)N[NH+]1C1CCCCC1. The van der Waals surface area contributed by atoms with Crippen molar-refractivity contribution >= 4 is 29.3 Å². The van der Waals surface area contributed by atoms with E-state index in [-0.39, 0.29) is 16.1 Å². The van der Waals surface area contributed by atoms with Gasteiger partial charge in [0.25, 0.3) is 0 Å². The van der Waals surface area contributed by atoms with Gasteiger partial charge in [0.05, 0.1) is 5.25 Å². The van der Waals surface area contributed by atoms with Crippen LogP contribution in [0.15, 0.2) is 0 Å². The van der Waals surface area contributed by atoms with Crippen molar-refractivity contribution in [1.29, 1.82) is 0 Å². The summed E-state index contributed by atoms with van der Waals surface area (Å²) in [6.45, 7) is 0. The van der Waals surface area contributed by atoms with E-state index >= 15 is 0 Å². The number of hydrogen-bond acceptors (Lipinski definition) is 5. The van der Waals surface area contributed by atoms with Gasteiger partial charge in [0.15, 0.2) is 11.2 Å². The van der Waals surface area contributed by atoms with Crippen LogP contribution in [0.1, 0.15) is 44.9 Å². The van der Waals surface area contributed by atoms with E-state index in [0.29, 0.717) is 11.8 Å². The Hall–Kier alpha value is 0.250. The van der Waals surface area contributed by atoms with Crippen LogP contribution in [0, 0.1) is 0 Å². The van der Waals surface area contributed by atoms with Gasteiger partial charge in [0.2, 0.25) is 5.50 Å². The van der Waals surface area contributed by atoms with Gasteiger partial charge < -0.3 is 0 Å². The predicted octanol–water partition coefficient (Wildman–Crippen LogP) is 0.488. The number of Topliss-reactive ketones (excluding diaryl/α,β-unsaturated/α-hetero) is 1. The average Bonchev–Trinajstić information content (AvgIpc) is 3.08. The number of nitrogens with two attached hydrogens (primary N) is 1.